The SMILES string of the molecule is CN=C(NCc1ncccc1C)NC1CCN(Cc2cccc(C(F)(F)F)c2)CC1.I. The zero-order valence-electron chi connectivity index (χ0n) is 17.7. The molecule has 3 rings (SSSR count). The van der Waals surface area contributed by atoms with Crippen molar-refractivity contribution in [3.63, 3.8) is 0 Å². The van der Waals surface area contributed by atoms with Gasteiger partial charge in [0.1, 0.15) is 0 Å². The molecule has 0 aliphatic carbocycles. The van der Waals surface area contributed by atoms with E-state index >= 15 is 0 Å². The fourth-order valence-electron chi connectivity index (χ4n) is 3.60. The van der Waals surface area contributed by atoms with Crippen LogP contribution in [0.15, 0.2) is 47.6 Å². The van der Waals surface area contributed by atoms with Gasteiger partial charge in [-0.3, -0.25) is 14.9 Å². The molecule has 2 N–H and O–H groups in total. The number of aromatic nitrogens is 1. The molecule has 0 atom stereocenters. The Morgan fingerprint density at radius 1 is 1.19 bits per heavy atom. The lowest BCUT2D eigenvalue weighted by atomic mass is 10.0. The van der Waals surface area contributed by atoms with E-state index in [0.29, 0.717) is 18.7 Å². The number of guanidine groups is 1. The zero-order chi connectivity index (χ0) is 21.6. The molecule has 1 aliphatic heterocycles. The highest BCUT2D eigenvalue weighted by Gasteiger charge is 2.30. The molecule has 1 fully saturated rings. The Morgan fingerprint density at radius 2 is 1.94 bits per heavy atom. The number of halogens is 4. The summed E-state index contributed by atoms with van der Waals surface area (Å²) in [5.74, 6) is 0.733. The molecule has 2 aromatic rings. The predicted octanol–water partition coefficient (Wildman–Crippen LogP) is 4.36. The van der Waals surface area contributed by atoms with Gasteiger partial charge in [-0.2, -0.15) is 13.2 Å². The zero-order valence-corrected chi connectivity index (χ0v) is 20.1. The van der Waals surface area contributed by atoms with Crippen LogP contribution < -0.4 is 10.6 Å². The van der Waals surface area contributed by atoms with Gasteiger partial charge in [0.25, 0.3) is 0 Å². The summed E-state index contributed by atoms with van der Waals surface area (Å²) in [6.45, 7) is 4.80. The molecule has 1 aromatic carbocycles. The van der Waals surface area contributed by atoms with Crippen molar-refractivity contribution in [3.05, 3.63) is 65.0 Å². The van der Waals surface area contributed by atoms with Crippen LogP contribution in [0.2, 0.25) is 0 Å². The summed E-state index contributed by atoms with van der Waals surface area (Å²) in [5.41, 5.74) is 2.22. The van der Waals surface area contributed by atoms with E-state index in [1.54, 1.807) is 19.3 Å². The van der Waals surface area contributed by atoms with Crippen molar-refractivity contribution >= 4 is 29.9 Å². The first-order valence-electron chi connectivity index (χ1n) is 10.1. The molecular weight excluding hydrogens is 518 g/mol. The maximum Gasteiger partial charge on any atom is 0.416 e. The highest BCUT2D eigenvalue weighted by Crippen LogP contribution is 2.30. The number of nitrogens with one attached hydrogen (secondary N) is 2. The van der Waals surface area contributed by atoms with E-state index in [0.717, 1.165) is 49.2 Å². The van der Waals surface area contributed by atoms with Crippen LogP contribution in [0, 0.1) is 6.92 Å². The molecular formula is C22H29F3IN5. The molecule has 0 unspecified atom stereocenters. The Balaban J connectivity index is 0.00000341. The van der Waals surface area contributed by atoms with Crippen LogP contribution in [-0.4, -0.2) is 42.0 Å². The van der Waals surface area contributed by atoms with Gasteiger partial charge in [-0.15, -0.1) is 24.0 Å². The number of aliphatic imine (C=N–C) groups is 1. The standard InChI is InChI=1S/C22H28F3N5.HI/c1-16-5-4-10-27-20(16)14-28-21(26-2)29-19-8-11-30(12-9-19)15-17-6-3-7-18(13-17)22(23,24)25;/h3-7,10,13,19H,8-9,11-12,14-15H2,1-2H3,(H2,26,28,29);1H. The van der Waals surface area contributed by atoms with E-state index in [2.05, 4.69) is 25.5 Å². The Bertz CT molecular complexity index is 864. The summed E-state index contributed by atoms with van der Waals surface area (Å²) >= 11 is 0. The quantitative estimate of drug-likeness (QED) is 0.332. The van der Waals surface area contributed by atoms with Crippen LogP contribution in [0.4, 0.5) is 13.2 Å². The molecule has 170 valence electrons. The molecule has 5 nitrogen and oxygen atoms in total. The minimum Gasteiger partial charge on any atom is -0.354 e. The van der Waals surface area contributed by atoms with Crippen molar-refractivity contribution < 1.29 is 13.2 Å². The fourth-order valence-corrected chi connectivity index (χ4v) is 3.60. The van der Waals surface area contributed by atoms with Gasteiger partial charge in [-0.25, -0.2) is 0 Å². The fraction of sp³-hybridized carbons (Fsp3) is 0.455. The number of nitrogens with zero attached hydrogens (tertiary/aromatic N) is 3. The molecule has 0 spiro atoms. The molecule has 1 saturated heterocycles. The summed E-state index contributed by atoms with van der Waals surface area (Å²) in [6, 6.07) is 9.81. The van der Waals surface area contributed by atoms with Gasteiger partial charge in [0, 0.05) is 38.9 Å². The first kappa shape index (κ1) is 25.4. The summed E-state index contributed by atoms with van der Waals surface area (Å²) in [5, 5.41) is 6.75. The number of aryl methyl sites for hydroxylation is 1. The second kappa shape index (κ2) is 11.7. The topological polar surface area (TPSA) is 52.6 Å². The van der Waals surface area contributed by atoms with Crippen LogP contribution in [0.5, 0.6) is 0 Å². The van der Waals surface area contributed by atoms with E-state index < -0.39 is 11.7 Å². The average Bonchev–Trinajstić information content (AvgIpc) is 2.73. The van der Waals surface area contributed by atoms with Gasteiger partial charge in [-0.1, -0.05) is 24.3 Å². The first-order chi connectivity index (χ1) is 14.3. The van der Waals surface area contributed by atoms with Crippen LogP contribution in [0.1, 0.15) is 35.2 Å². The molecule has 9 heteroatoms. The third kappa shape index (κ3) is 7.64. The number of pyridine rings is 1. The summed E-state index contributed by atoms with van der Waals surface area (Å²) in [6.07, 6.45) is -0.714. The Kier molecular flexibility index (Phi) is 9.54. The molecule has 2 heterocycles. The molecule has 0 saturated carbocycles. The third-order valence-corrected chi connectivity index (χ3v) is 5.35. The maximum atomic E-state index is 12.9. The highest BCUT2D eigenvalue weighted by atomic mass is 127. The monoisotopic (exact) mass is 547 g/mol. The van der Waals surface area contributed by atoms with Crippen molar-refractivity contribution in [2.75, 3.05) is 20.1 Å². The van der Waals surface area contributed by atoms with Gasteiger partial charge in [0.15, 0.2) is 5.96 Å². The summed E-state index contributed by atoms with van der Waals surface area (Å²) in [4.78, 5) is 10.9. The van der Waals surface area contributed by atoms with Gasteiger partial charge >= 0.3 is 6.18 Å². The lowest BCUT2D eigenvalue weighted by Crippen LogP contribution is -2.48. The van der Waals surface area contributed by atoms with Crippen molar-refractivity contribution in [1.29, 1.82) is 0 Å². The molecule has 31 heavy (non-hydrogen) atoms. The van der Waals surface area contributed by atoms with Gasteiger partial charge in [0.05, 0.1) is 17.8 Å². The number of piperidine rings is 1. The number of hydrogen-bond donors (Lipinski definition) is 2. The lowest BCUT2D eigenvalue weighted by molar-refractivity contribution is -0.137. The van der Waals surface area contributed by atoms with Crippen molar-refractivity contribution in [2.24, 2.45) is 4.99 Å². The molecule has 0 bridgehead atoms. The number of hydrogen-bond acceptors (Lipinski definition) is 3. The normalized spacial score (nSPS) is 16.0. The van der Waals surface area contributed by atoms with Gasteiger partial charge in [0.2, 0.25) is 0 Å². The van der Waals surface area contributed by atoms with E-state index in [1.807, 2.05) is 19.1 Å². The number of rotatable bonds is 5. The number of alkyl halides is 3. The van der Waals surface area contributed by atoms with Crippen LogP contribution in [0.3, 0.4) is 0 Å². The predicted molar refractivity (Wildman–Crippen MR) is 127 cm³/mol. The number of likely N-dealkylation sites (tertiary alicyclic amines) is 1. The Morgan fingerprint density at radius 3 is 2.58 bits per heavy atom. The lowest BCUT2D eigenvalue weighted by Gasteiger charge is -2.33. The van der Waals surface area contributed by atoms with E-state index in [1.165, 1.54) is 12.1 Å². The van der Waals surface area contributed by atoms with E-state index in [4.69, 9.17) is 0 Å². The van der Waals surface area contributed by atoms with Crippen LogP contribution >= 0.6 is 24.0 Å². The highest BCUT2D eigenvalue weighted by molar-refractivity contribution is 14.0. The van der Waals surface area contributed by atoms with Crippen LogP contribution in [-0.2, 0) is 19.3 Å². The van der Waals surface area contributed by atoms with Crippen molar-refractivity contribution in [1.82, 2.24) is 20.5 Å². The number of benzene rings is 1. The Hall–Kier alpha value is -1.88. The molecule has 0 amide bonds. The van der Waals surface area contributed by atoms with Crippen LogP contribution in [0.25, 0.3) is 0 Å². The van der Waals surface area contributed by atoms with E-state index in [9.17, 15) is 13.2 Å². The first-order valence-corrected chi connectivity index (χ1v) is 10.1. The van der Waals surface area contributed by atoms with E-state index in [-0.39, 0.29) is 30.0 Å². The minimum absolute atomic E-state index is 0. The Labute approximate surface area is 198 Å². The molecule has 1 aromatic heterocycles. The second-order valence-corrected chi connectivity index (χ2v) is 7.59. The molecule has 1 aliphatic rings. The maximum absolute atomic E-state index is 12.9. The molecule has 0 radical (unpaired) electrons. The summed E-state index contributed by atoms with van der Waals surface area (Å²) in [7, 11) is 1.74. The van der Waals surface area contributed by atoms with Crippen molar-refractivity contribution in [2.45, 2.75) is 45.1 Å². The summed E-state index contributed by atoms with van der Waals surface area (Å²) < 4.78 is 38.7. The van der Waals surface area contributed by atoms with Gasteiger partial charge < -0.3 is 10.6 Å². The van der Waals surface area contributed by atoms with Gasteiger partial charge in [-0.05, 0) is 43.0 Å². The minimum atomic E-state index is -4.30. The average molecular weight is 547 g/mol. The third-order valence-electron chi connectivity index (χ3n) is 5.35. The smallest absolute Gasteiger partial charge is 0.354 e. The van der Waals surface area contributed by atoms with Crippen molar-refractivity contribution in [3.8, 4) is 0 Å². The largest absolute Gasteiger partial charge is 0.416 e. The second-order valence-electron chi connectivity index (χ2n) is 7.59.